The first-order chi connectivity index (χ1) is 8.24. The third kappa shape index (κ3) is 1.94. The summed E-state index contributed by atoms with van der Waals surface area (Å²) in [6.45, 7) is 2.02. The van der Waals surface area contributed by atoms with E-state index in [4.69, 9.17) is 4.74 Å². The van der Waals surface area contributed by atoms with Gasteiger partial charge in [0.05, 0.1) is 16.5 Å². The van der Waals surface area contributed by atoms with Gasteiger partial charge >= 0.3 is 0 Å². The number of hydrogen-bond acceptors (Lipinski definition) is 4. The Balaban J connectivity index is 1.96. The number of aromatic nitrogens is 1. The standard InChI is InChI=1S/C13H13NO2S/c1-8-2-3-11-9(4-8)10(15)5-12(16-11)13-6-14-7-17-13/h2-4,6-7,10,12,15H,5H2,1H3/t10-,12?/m1/s1. The van der Waals surface area contributed by atoms with Crippen LogP contribution in [-0.2, 0) is 0 Å². The SMILES string of the molecule is Cc1ccc2c(c1)[C@H](O)CC(c1cncs1)O2. The third-order valence-electron chi connectivity index (χ3n) is 3.00. The zero-order valence-electron chi connectivity index (χ0n) is 9.46. The van der Waals surface area contributed by atoms with Crippen LogP contribution in [0.5, 0.6) is 5.75 Å². The molecule has 1 aliphatic rings. The van der Waals surface area contributed by atoms with Crippen molar-refractivity contribution < 1.29 is 9.84 Å². The van der Waals surface area contributed by atoms with Crippen molar-refractivity contribution in [2.24, 2.45) is 0 Å². The summed E-state index contributed by atoms with van der Waals surface area (Å²) in [5, 5.41) is 10.2. The second kappa shape index (κ2) is 4.13. The van der Waals surface area contributed by atoms with E-state index in [1.165, 1.54) is 0 Å². The molecule has 2 aromatic rings. The molecule has 1 aliphatic heterocycles. The molecule has 1 aromatic carbocycles. The predicted molar refractivity (Wildman–Crippen MR) is 66.2 cm³/mol. The van der Waals surface area contributed by atoms with E-state index in [1.54, 1.807) is 23.0 Å². The summed E-state index contributed by atoms with van der Waals surface area (Å²) in [5.74, 6) is 0.785. The van der Waals surface area contributed by atoms with Crippen LogP contribution in [0.25, 0.3) is 0 Å². The number of ether oxygens (including phenoxy) is 1. The van der Waals surface area contributed by atoms with Gasteiger partial charge in [-0.2, -0.15) is 0 Å². The highest BCUT2D eigenvalue weighted by molar-refractivity contribution is 7.09. The second-order valence-electron chi connectivity index (χ2n) is 4.30. The van der Waals surface area contributed by atoms with Crippen molar-refractivity contribution in [1.82, 2.24) is 4.98 Å². The van der Waals surface area contributed by atoms with Crippen LogP contribution in [0.2, 0.25) is 0 Å². The lowest BCUT2D eigenvalue weighted by Gasteiger charge is -2.29. The molecule has 0 radical (unpaired) electrons. The van der Waals surface area contributed by atoms with Gasteiger partial charge < -0.3 is 9.84 Å². The quantitative estimate of drug-likeness (QED) is 0.842. The van der Waals surface area contributed by atoms with Crippen molar-refractivity contribution in [2.75, 3.05) is 0 Å². The van der Waals surface area contributed by atoms with Gasteiger partial charge in [-0.15, -0.1) is 11.3 Å². The van der Waals surface area contributed by atoms with E-state index in [0.29, 0.717) is 6.42 Å². The van der Waals surface area contributed by atoms with Gasteiger partial charge in [0, 0.05) is 18.2 Å². The molecular formula is C13H13NO2S. The minimum Gasteiger partial charge on any atom is -0.484 e. The normalized spacial score (nSPS) is 22.9. The Labute approximate surface area is 104 Å². The van der Waals surface area contributed by atoms with E-state index in [9.17, 15) is 5.11 Å². The molecule has 0 amide bonds. The largest absolute Gasteiger partial charge is 0.484 e. The predicted octanol–water partition coefficient (Wildman–Crippen LogP) is 3.01. The van der Waals surface area contributed by atoms with Crippen molar-refractivity contribution in [1.29, 1.82) is 0 Å². The second-order valence-corrected chi connectivity index (χ2v) is 5.22. The molecule has 0 bridgehead atoms. The topological polar surface area (TPSA) is 42.4 Å². The van der Waals surface area contributed by atoms with Crippen LogP contribution in [-0.4, -0.2) is 10.1 Å². The van der Waals surface area contributed by atoms with Crippen molar-refractivity contribution in [2.45, 2.75) is 25.6 Å². The average molecular weight is 247 g/mol. The lowest BCUT2D eigenvalue weighted by molar-refractivity contribution is 0.0673. The van der Waals surface area contributed by atoms with Crippen molar-refractivity contribution in [3.05, 3.63) is 45.9 Å². The molecule has 0 fully saturated rings. The first-order valence-electron chi connectivity index (χ1n) is 5.57. The number of hydrogen-bond donors (Lipinski definition) is 1. The maximum absolute atomic E-state index is 10.2. The smallest absolute Gasteiger partial charge is 0.137 e. The van der Waals surface area contributed by atoms with Gasteiger partial charge in [0.1, 0.15) is 11.9 Å². The van der Waals surface area contributed by atoms with Crippen LogP contribution in [0.4, 0.5) is 0 Å². The van der Waals surface area contributed by atoms with E-state index in [1.807, 2.05) is 25.1 Å². The van der Waals surface area contributed by atoms with Crippen LogP contribution >= 0.6 is 11.3 Å². The molecule has 0 saturated carbocycles. The number of rotatable bonds is 1. The minimum absolute atomic E-state index is 0.0762. The monoisotopic (exact) mass is 247 g/mol. The zero-order valence-corrected chi connectivity index (χ0v) is 10.3. The number of nitrogens with zero attached hydrogens (tertiary/aromatic N) is 1. The molecule has 1 unspecified atom stereocenters. The van der Waals surface area contributed by atoms with E-state index in [-0.39, 0.29) is 6.10 Å². The number of fused-ring (bicyclic) bond motifs is 1. The lowest BCUT2D eigenvalue weighted by atomic mass is 9.97. The molecule has 0 saturated heterocycles. The fraction of sp³-hybridized carbons (Fsp3) is 0.308. The summed E-state index contributed by atoms with van der Waals surface area (Å²) in [5.41, 5.74) is 3.82. The maximum atomic E-state index is 10.2. The van der Waals surface area contributed by atoms with Crippen LogP contribution in [0.3, 0.4) is 0 Å². The number of thiazole rings is 1. The van der Waals surface area contributed by atoms with Gasteiger partial charge in [0.2, 0.25) is 0 Å². The molecule has 88 valence electrons. The summed E-state index contributed by atoms with van der Waals surface area (Å²) in [6, 6.07) is 5.92. The molecule has 3 rings (SSSR count). The van der Waals surface area contributed by atoms with E-state index in [0.717, 1.165) is 21.8 Å². The number of aryl methyl sites for hydroxylation is 1. The fourth-order valence-corrected chi connectivity index (χ4v) is 2.79. The van der Waals surface area contributed by atoms with Gasteiger partial charge in [-0.05, 0) is 19.1 Å². The van der Waals surface area contributed by atoms with Gasteiger partial charge in [-0.3, -0.25) is 4.98 Å². The molecule has 2 heterocycles. The van der Waals surface area contributed by atoms with Gasteiger partial charge in [0.15, 0.2) is 0 Å². The summed E-state index contributed by atoms with van der Waals surface area (Å²) in [6.07, 6.45) is 1.87. The molecule has 17 heavy (non-hydrogen) atoms. The highest BCUT2D eigenvalue weighted by Gasteiger charge is 2.28. The van der Waals surface area contributed by atoms with Gasteiger partial charge in [0.25, 0.3) is 0 Å². The molecule has 0 spiro atoms. The van der Waals surface area contributed by atoms with Crippen molar-refractivity contribution >= 4 is 11.3 Å². The van der Waals surface area contributed by atoms with E-state index in [2.05, 4.69) is 4.98 Å². The molecule has 3 nitrogen and oxygen atoms in total. The number of aliphatic hydroxyl groups is 1. The first-order valence-corrected chi connectivity index (χ1v) is 6.45. The van der Waals surface area contributed by atoms with Gasteiger partial charge in [-0.1, -0.05) is 11.6 Å². The Morgan fingerprint density at radius 3 is 3.12 bits per heavy atom. The van der Waals surface area contributed by atoms with Crippen LogP contribution in [0.15, 0.2) is 29.9 Å². The maximum Gasteiger partial charge on any atom is 0.137 e. The van der Waals surface area contributed by atoms with Gasteiger partial charge in [-0.25, -0.2) is 0 Å². The Kier molecular flexibility index (Phi) is 2.61. The average Bonchev–Trinajstić information content (AvgIpc) is 2.83. The highest BCUT2D eigenvalue weighted by atomic mass is 32.1. The molecule has 0 aliphatic carbocycles. The Morgan fingerprint density at radius 2 is 2.35 bits per heavy atom. The molecule has 2 atom stereocenters. The molecular weight excluding hydrogens is 234 g/mol. The third-order valence-corrected chi connectivity index (χ3v) is 3.87. The Morgan fingerprint density at radius 1 is 1.47 bits per heavy atom. The minimum atomic E-state index is -0.453. The van der Waals surface area contributed by atoms with E-state index >= 15 is 0 Å². The lowest BCUT2D eigenvalue weighted by Crippen LogP contribution is -2.18. The number of benzene rings is 1. The molecule has 1 aromatic heterocycles. The summed E-state index contributed by atoms with van der Waals surface area (Å²) in [7, 11) is 0. The summed E-state index contributed by atoms with van der Waals surface area (Å²) < 4.78 is 5.91. The first kappa shape index (κ1) is 10.7. The zero-order chi connectivity index (χ0) is 11.8. The Hall–Kier alpha value is -1.39. The highest BCUT2D eigenvalue weighted by Crippen LogP contribution is 2.41. The Bertz CT molecular complexity index is 524. The summed E-state index contributed by atoms with van der Waals surface area (Å²) in [4.78, 5) is 5.11. The van der Waals surface area contributed by atoms with Crippen LogP contribution in [0.1, 0.15) is 34.6 Å². The summed E-state index contributed by atoms with van der Waals surface area (Å²) >= 11 is 1.56. The number of aliphatic hydroxyl groups excluding tert-OH is 1. The fourth-order valence-electron chi connectivity index (χ4n) is 2.13. The van der Waals surface area contributed by atoms with Crippen LogP contribution < -0.4 is 4.74 Å². The van der Waals surface area contributed by atoms with Crippen molar-refractivity contribution in [3.63, 3.8) is 0 Å². The molecule has 4 heteroatoms. The van der Waals surface area contributed by atoms with Crippen LogP contribution in [0, 0.1) is 6.92 Å². The van der Waals surface area contributed by atoms with E-state index < -0.39 is 6.10 Å². The van der Waals surface area contributed by atoms with Crippen molar-refractivity contribution in [3.8, 4) is 5.75 Å². The molecule has 1 N–H and O–H groups in total.